The highest BCUT2D eigenvalue weighted by atomic mass is 16.5. The molecule has 1 rings (SSSR count). The molecule has 1 fully saturated rings. The molecular formula is C12H19N3O5. The van der Waals surface area contributed by atoms with Crippen LogP contribution in [0.3, 0.4) is 0 Å². The zero-order chi connectivity index (χ0) is 15.3. The van der Waals surface area contributed by atoms with Gasteiger partial charge in [-0.2, -0.15) is 0 Å². The van der Waals surface area contributed by atoms with Crippen molar-refractivity contribution < 1.29 is 23.9 Å². The number of urea groups is 1. The number of ether oxygens (including phenoxy) is 1. The van der Waals surface area contributed by atoms with Crippen LogP contribution in [0, 0.1) is 0 Å². The van der Waals surface area contributed by atoms with Gasteiger partial charge in [0.1, 0.15) is 12.1 Å². The van der Waals surface area contributed by atoms with E-state index in [1.54, 1.807) is 0 Å². The van der Waals surface area contributed by atoms with E-state index in [4.69, 9.17) is 4.74 Å². The summed E-state index contributed by atoms with van der Waals surface area (Å²) >= 11 is 0. The Kier molecular flexibility index (Phi) is 5.06. The van der Waals surface area contributed by atoms with Crippen molar-refractivity contribution in [3.63, 3.8) is 0 Å². The van der Waals surface area contributed by atoms with E-state index in [2.05, 4.69) is 10.6 Å². The summed E-state index contributed by atoms with van der Waals surface area (Å²) < 4.78 is 4.70. The normalized spacial score (nSPS) is 16.9. The first kappa shape index (κ1) is 15.9. The van der Waals surface area contributed by atoms with Gasteiger partial charge in [0.15, 0.2) is 6.61 Å². The highest BCUT2D eigenvalue weighted by Gasteiger charge is 2.45. The molecule has 0 aromatic carbocycles. The zero-order valence-corrected chi connectivity index (χ0v) is 11.8. The van der Waals surface area contributed by atoms with Crippen LogP contribution >= 0.6 is 0 Å². The van der Waals surface area contributed by atoms with E-state index in [0.717, 1.165) is 11.3 Å². The summed E-state index contributed by atoms with van der Waals surface area (Å²) in [4.78, 5) is 46.8. The van der Waals surface area contributed by atoms with Crippen LogP contribution in [0.25, 0.3) is 0 Å². The molecule has 2 N–H and O–H groups in total. The SMILES string of the molecule is CCCNC(=O)COC(=O)CN1C(=O)NC(C)(C)C1=O. The van der Waals surface area contributed by atoms with Gasteiger partial charge in [-0.1, -0.05) is 6.92 Å². The van der Waals surface area contributed by atoms with Crippen molar-refractivity contribution in [3.05, 3.63) is 0 Å². The van der Waals surface area contributed by atoms with Gasteiger partial charge in [0.25, 0.3) is 11.8 Å². The monoisotopic (exact) mass is 285 g/mol. The lowest BCUT2D eigenvalue weighted by Gasteiger charge is -2.15. The molecule has 0 spiro atoms. The molecule has 20 heavy (non-hydrogen) atoms. The Morgan fingerprint density at radius 3 is 2.50 bits per heavy atom. The minimum Gasteiger partial charge on any atom is -0.454 e. The Bertz CT molecular complexity index is 433. The summed E-state index contributed by atoms with van der Waals surface area (Å²) in [7, 11) is 0. The number of hydrogen-bond acceptors (Lipinski definition) is 5. The van der Waals surface area contributed by atoms with Gasteiger partial charge in [0, 0.05) is 6.54 Å². The average molecular weight is 285 g/mol. The van der Waals surface area contributed by atoms with Crippen molar-refractivity contribution in [1.29, 1.82) is 0 Å². The summed E-state index contributed by atoms with van der Waals surface area (Å²) in [5, 5.41) is 4.98. The minimum absolute atomic E-state index is 0.419. The van der Waals surface area contributed by atoms with Gasteiger partial charge >= 0.3 is 12.0 Å². The van der Waals surface area contributed by atoms with Crippen LogP contribution in [0.4, 0.5) is 4.79 Å². The third kappa shape index (κ3) is 3.94. The lowest BCUT2D eigenvalue weighted by atomic mass is 10.1. The number of carbonyl (C=O) groups excluding carboxylic acids is 4. The molecule has 1 heterocycles. The molecule has 0 radical (unpaired) electrons. The van der Waals surface area contributed by atoms with Crippen molar-refractivity contribution in [3.8, 4) is 0 Å². The van der Waals surface area contributed by atoms with Crippen LogP contribution in [-0.2, 0) is 19.1 Å². The van der Waals surface area contributed by atoms with Crippen molar-refractivity contribution in [2.24, 2.45) is 0 Å². The van der Waals surface area contributed by atoms with Crippen LogP contribution in [0.15, 0.2) is 0 Å². The fourth-order valence-corrected chi connectivity index (χ4v) is 1.60. The van der Waals surface area contributed by atoms with Crippen LogP contribution < -0.4 is 10.6 Å². The molecule has 0 aromatic rings. The molecule has 112 valence electrons. The predicted octanol–water partition coefficient (Wildman–Crippen LogP) is -0.614. The van der Waals surface area contributed by atoms with Gasteiger partial charge in [-0.3, -0.25) is 19.3 Å². The maximum Gasteiger partial charge on any atom is 0.326 e. The lowest BCUT2D eigenvalue weighted by molar-refractivity contribution is -0.151. The van der Waals surface area contributed by atoms with Crippen LogP contribution in [-0.4, -0.2) is 54.0 Å². The van der Waals surface area contributed by atoms with Gasteiger partial charge in [0.05, 0.1) is 0 Å². The van der Waals surface area contributed by atoms with Crippen LogP contribution in [0.1, 0.15) is 27.2 Å². The number of esters is 1. The molecule has 4 amide bonds. The maximum absolute atomic E-state index is 11.8. The van der Waals surface area contributed by atoms with Crippen molar-refractivity contribution in [2.45, 2.75) is 32.7 Å². The smallest absolute Gasteiger partial charge is 0.326 e. The van der Waals surface area contributed by atoms with Crippen molar-refractivity contribution in [1.82, 2.24) is 15.5 Å². The number of imide groups is 1. The number of amides is 4. The quantitative estimate of drug-likeness (QED) is 0.500. The van der Waals surface area contributed by atoms with Gasteiger partial charge < -0.3 is 15.4 Å². The van der Waals surface area contributed by atoms with E-state index in [0.29, 0.717) is 6.54 Å². The second kappa shape index (κ2) is 6.36. The second-order valence-corrected chi connectivity index (χ2v) is 4.96. The number of nitrogens with zero attached hydrogens (tertiary/aromatic N) is 1. The molecule has 1 aliphatic rings. The molecule has 0 aliphatic carbocycles. The first-order valence-corrected chi connectivity index (χ1v) is 6.34. The molecule has 0 atom stereocenters. The maximum atomic E-state index is 11.8. The predicted molar refractivity (Wildman–Crippen MR) is 68.6 cm³/mol. The third-order valence-electron chi connectivity index (χ3n) is 2.67. The fourth-order valence-electron chi connectivity index (χ4n) is 1.60. The molecule has 0 aromatic heterocycles. The minimum atomic E-state index is -1.03. The number of carbonyl (C=O) groups is 4. The van der Waals surface area contributed by atoms with E-state index in [1.165, 1.54) is 13.8 Å². The first-order valence-electron chi connectivity index (χ1n) is 6.34. The summed E-state index contributed by atoms with van der Waals surface area (Å²) in [6.45, 7) is 4.54. The third-order valence-corrected chi connectivity index (χ3v) is 2.67. The molecule has 0 bridgehead atoms. The van der Waals surface area contributed by atoms with Crippen LogP contribution in [0.2, 0.25) is 0 Å². The van der Waals surface area contributed by atoms with Crippen molar-refractivity contribution in [2.75, 3.05) is 19.7 Å². The Labute approximate surface area is 116 Å². The Morgan fingerprint density at radius 2 is 2.00 bits per heavy atom. The van der Waals surface area contributed by atoms with E-state index >= 15 is 0 Å². The number of hydrogen-bond donors (Lipinski definition) is 2. The highest BCUT2D eigenvalue weighted by Crippen LogP contribution is 2.16. The Balaban J connectivity index is 2.42. The van der Waals surface area contributed by atoms with Crippen molar-refractivity contribution >= 4 is 23.8 Å². The zero-order valence-electron chi connectivity index (χ0n) is 11.8. The molecule has 1 aliphatic heterocycles. The van der Waals surface area contributed by atoms with Gasteiger partial charge in [-0.05, 0) is 20.3 Å². The number of rotatable bonds is 6. The Hall–Kier alpha value is -2.12. The van der Waals surface area contributed by atoms with E-state index in [1.807, 2.05) is 6.92 Å². The molecule has 0 saturated carbocycles. The topological polar surface area (TPSA) is 105 Å². The van der Waals surface area contributed by atoms with Crippen LogP contribution in [0.5, 0.6) is 0 Å². The number of nitrogens with one attached hydrogen (secondary N) is 2. The summed E-state index contributed by atoms with van der Waals surface area (Å²) in [6.07, 6.45) is 0.775. The first-order chi connectivity index (χ1) is 9.27. The van der Waals surface area contributed by atoms with E-state index < -0.39 is 42.5 Å². The summed E-state index contributed by atoms with van der Waals surface area (Å²) in [5.74, 6) is -1.73. The van der Waals surface area contributed by atoms with Gasteiger partial charge in [0.2, 0.25) is 0 Å². The standard InChI is InChI=1S/C12H19N3O5/c1-4-5-13-8(16)7-20-9(17)6-15-10(18)12(2,3)14-11(15)19/h4-7H2,1-3H3,(H,13,16)(H,14,19). The average Bonchev–Trinajstić information content (AvgIpc) is 2.56. The highest BCUT2D eigenvalue weighted by molar-refractivity contribution is 6.08. The molecule has 8 heteroatoms. The molecular weight excluding hydrogens is 266 g/mol. The Morgan fingerprint density at radius 1 is 1.35 bits per heavy atom. The second-order valence-electron chi connectivity index (χ2n) is 4.96. The molecule has 0 unspecified atom stereocenters. The fraction of sp³-hybridized carbons (Fsp3) is 0.667. The van der Waals surface area contributed by atoms with E-state index in [9.17, 15) is 19.2 Å². The molecule has 8 nitrogen and oxygen atoms in total. The summed E-state index contributed by atoms with van der Waals surface area (Å²) in [5.41, 5.74) is -1.03. The van der Waals surface area contributed by atoms with Gasteiger partial charge in [-0.25, -0.2) is 4.79 Å². The summed E-state index contributed by atoms with van der Waals surface area (Å²) in [6, 6.07) is -0.646. The molecule has 1 saturated heterocycles. The van der Waals surface area contributed by atoms with Gasteiger partial charge in [-0.15, -0.1) is 0 Å². The van der Waals surface area contributed by atoms with E-state index in [-0.39, 0.29) is 0 Å². The largest absolute Gasteiger partial charge is 0.454 e. The lowest BCUT2D eigenvalue weighted by Crippen LogP contribution is -2.41.